The minimum absolute atomic E-state index is 0.308. The van der Waals surface area contributed by atoms with Crippen molar-refractivity contribution >= 4 is 17.2 Å². The summed E-state index contributed by atoms with van der Waals surface area (Å²) in [7, 11) is 2.10. The summed E-state index contributed by atoms with van der Waals surface area (Å²) in [5.74, 6) is 2.19. The van der Waals surface area contributed by atoms with Gasteiger partial charge in [0.2, 0.25) is 0 Å². The summed E-state index contributed by atoms with van der Waals surface area (Å²) in [5, 5.41) is 35.3. The van der Waals surface area contributed by atoms with Crippen molar-refractivity contribution < 1.29 is 14.9 Å². The number of hydrogen-bond donors (Lipinski definition) is 7. The molecule has 2 unspecified atom stereocenters. The normalized spacial score (nSPS) is 35.4. The van der Waals surface area contributed by atoms with E-state index >= 15 is 0 Å². The molecule has 1 aromatic heterocycles. The average Bonchev–Trinajstić information content (AvgIpc) is 3.54. The summed E-state index contributed by atoms with van der Waals surface area (Å²) in [6, 6.07) is 7.37. The van der Waals surface area contributed by atoms with Crippen LogP contribution < -0.4 is 27.0 Å². The van der Waals surface area contributed by atoms with E-state index in [1.807, 2.05) is 0 Å². The Morgan fingerprint density at radius 2 is 1.95 bits per heavy atom. The Bertz CT molecular complexity index is 1180. The van der Waals surface area contributed by atoms with Crippen molar-refractivity contribution in [2.45, 2.75) is 93.8 Å². The zero-order chi connectivity index (χ0) is 26.7. The number of nitrogens with zero attached hydrogens (tertiary/aromatic N) is 3. The summed E-state index contributed by atoms with van der Waals surface area (Å²) in [6.07, 6.45) is 7.00. The van der Waals surface area contributed by atoms with Crippen molar-refractivity contribution in [2.24, 2.45) is 11.7 Å². The summed E-state index contributed by atoms with van der Waals surface area (Å²) in [5.41, 5.74) is 10.7. The Kier molecular flexibility index (Phi) is 6.69. The number of rotatable bonds is 8. The number of anilines is 3. The molecule has 2 aromatic rings. The molecule has 8 N–H and O–H groups in total. The van der Waals surface area contributed by atoms with Gasteiger partial charge in [-0.2, -0.15) is 0 Å². The molecule has 39 heavy (non-hydrogen) atoms. The van der Waals surface area contributed by atoms with Gasteiger partial charge in [-0.05, 0) is 75.1 Å². The van der Waals surface area contributed by atoms with Crippen LogP contribution in [0.5, 0.6) is 0 Å². The number of aromatic nitrogens is 2. The molecule has 0 radical (unpaired) electrons. The number of nitrogens with two attached hydrogens (primary N) is 1. The number of ether oxygens (including phenoxy) is 1. The lowest BCUT2D eigenvalue weighted by Crippen LogP contribution is -2.48. The molecule has 1 aromatic carbocycles. The van der Waals surface area contributed by atoms with Crippen LogP contribution in [0.4, 0.5) is 17.2 Å². The van der Waals surface area contributed by atoms with E-state index in [1.54, 1.807) is 10.9 Å². The summed E-state index contributed by atoms with van der Waals surface area (Å²) >= 11 is 0. The van der Waals surface area contributed by atoms with Crippen molar-refractivity contribution in [2.75, 3.05) is 36.2 Å². The Labute approximate surface area is 229 Å². The van der Waals surface area contributed by atoms with E-state index in [0.29, 0.717) is 37.0 Å². The zero-order valence-corrected chi connectivity index (χ0v) is 22.6. The van der Waals surface area contributed by atoms with Gasteiger partial charge in [-0.25, -0.2) is 4.98 Å². The fourth-order valence-corrected chi connectivity index (χ4v) is 6.92. The monoisotopic (exact) mass is 538 g/mol. The van der Waals surface area contributed by atoms with Gasteiger partial charge in [0.1, 0.15) is 36.0 Å². The molecule has 2 saturated carbocycles. The van der Waals surface area contributed by atoms with Gasteiger partial charge in [0.15, 0.2) is 6.23 Å². The number of aliphatic hydroxyl groups excluding tert-OH is 2. The largest absolute Gasteiger partial charge is 0.387 e. The topological polar surface area (TPSA) is 145 Å². The van der Waals surface area contributed by atoms with Crippen LogP contribution in [0.15, 0.2) is 24.5 Å². The number of fused-ring (bicyclic) bond motifs is 2. The summed E-state index contributed by atoms with van der Waals surface area (Å²) in [4.78, 5) is 6.66. The molecule has 0 amide bonds. The standard InChI is InChI=1S/C28H42N8O3/c1-35(12-21-24(37)25(38)28(39-21)36-14-32-23-26(29)30-13-31-27(23)36)18-9-15(10-18)5-8-22-33-19-7-6-17(11-20(19)34-22)16-3-2-4-16/h6-7,11,14-16,18,21-22,24-26,28,30-31,33-34,37-38H,2-5,8-10,12-13,29H2,1H3/t15?,18?,21-,22?,24-,25-,26?,28-/m1/s1. The minimum atomic E-state index is -1.04. The fraction of sp³-hybridized carbons (Fsp3) is 0.679. The highest BCUT2D eigenvalue weighted by Crippen LogP contribution is 2.42. The quantitative estimate of drug-likeness (QED) is 0.267. The molecular weight excluding hydrogens is 496 g/mol. The van der Waals surface area contributed by atoms with Gasteiger partial charge in [0, 0.05) is 12.6 Å². The maximum atomic E-state index is 10.8. The lowest BCUT2D eigenvalue weighted by atomic mass is 9.76. The van der Waals surface area contributed by atoms with Gasteiger partial charge in [0.25, 0.3) is 0 Å². The Balaban J connectivity index is 0.872. The molecule has 3 aliphatic heterocycles. The number of nitrogens with one attached hydrogen (secondary N) is 4. The number of likely N-dealkylation sites (N-methyl/N-ethyl adjacent to an activating group) is 1. The predicted octanol–water partition coefficient (Wildman–Crippen LogP) is 2.05. The van der Waals surface area contributed by atoms with Crippen LogP contribution in [0.1, 0.15) is 74.5 Å². The smallest absolute Gasteiger partial charge is 0.165 e. The minimum Gasteiger partial charge on any atom is -0.387 e. The van der Waals surface area contributed by atoms with Gasteiger partial charge in [0.05, 0.1) is 30.5 Å². The highest BCUT2D eigenvalue weighted by atomic mass is 16.6. The number of aliphatic hydroxyl groups is 2. The van der Waals surface area contributed by atoms with Gasteiger partial charge in [-0.1, -0.05) is 12.5 Å². The Hall–Kier alpha value is -2.41. The van der Waals surface area contributed by atoms with Crippen LogP contribution in [-0.2, 0) is 4.74 Å². The van der Waals surface area contributed by atoms with E-state index < -0.39 is 24.5 Å². The molecule has 2 aliphatic carbocycles. The van der Waals surface area contributed by atoms with Crippen LogP contribution in [0.2, 0.25) is 0 Å². The van der Waals surface area contributed by atoms with E-state index in [4.69, 9.17) is 10.5 Å². The van der Waals surface area contributed by atoms with E-state index in [2.05, 4.69) is 56.4 Å². The molecule has 0 spiro atoms. The maximum absolute atomic E-state index is 10.8. The molecule has 212 valence electrons. The summed E-state index contributed by atoms with van der Waals surface area (Å²) < 4.78 is 7.94. The van der Waals surface area contributed by atoms with Crippen LogP contribution >= 0.6 is 0 Å². The third-order valence-electron chi connectivity index (χ3n) is 9.75. The SMILES string of the molecule is CN(C[C@H]1O[C@@H](n2cnc3c2NCNC3N)[C@H](O)[C@@H]1O)C1CC(CCC2Nc3ccc(C4CCC4)cc3N2)C1. The first-order chi connectivity index (χ1) is 18.9. The first-order valence-electron chi connectivity index (χ1n) is 14.6. The lowest BCUT2D eigenvalue weighted by molar-refractivity contribution is -0.0522. The molecule has 11 heteroatoms. The molecule has 6 atom stereocenters. The van der Waals surface area contributed by atoms with Crippen LogP contribution in [0, 0.1) is 5.92 Å². The van der Waals surface area contributed by atoms with Crippen LogP contribution in [-0.4, -0.2) is 75.4 Å². The van der Waals surface area contributed by atoms with Crippen LogP contribution in [0.25, 0.3) is 0 Å². The van der Waals surface area contributed by atoms with E-state index in [0.717, 1.165) is 31.0 Å². The molecule has 11 nitrogen and oxygen atoms in total. The van der Waals surface area contributed by atoms with Gasteiger partial charge in [-0.15, -0.1) is 0 Å². The maximum Gasteiger partial charge on any atom is 0.165 e. The van der Waals surface area contributed by atoms with Gasteiger partial charge >= 0.3 is 0 Å². The molecule has 1 saturated heterocycles. The third-order valence-corrected chi connectivity index (χ3v) is 9.75. The molecular formula is C28H42N8O3. The molecule has 5 aliphatic rings. The average molecular weight is 539 g/mol. The molecule has 3 fully saturated rings. The summed E-state index contributed by atoms with van der Waals surface area (Å²) in [6.45, 7) is 1.07. The molecule has 4 heterocycles. The van der Waals surface area contributed by atoms with Gasteiger partial charge in [-0.3, -0.25) is 9.88 Å². The van der Waals surface area contributed by atoms with E-state index in [-0.39, 0.29) is 6.17 Å². The van der Waals surface area contributed by atoms with E-state index in [1.165, 1.54) is 42.6 Å². The second-order valence-electron chi connectivity index (χ2n) is 12.2. The highest BCUT2D eigenvalue weighted by Gasteiger charge is 2.46. The number of hydrogen-bond acceptors (Lipinski definition) is 10. The Morgan fingerprint density at radius 3 is 2.74 bits per heavy atom. The van der Waals surface area contributed by atoms with Crippen molar-refractivity contribution in [3.63, 3.8) is 0 Å². The second-order valence-corrected chi connectivity index (χ2v) is 12.2. The first-order valence-corrected chi connectivity index (χ1v) is 14.6. The second kappa shape index (κ2) is 10.2. The van der Waals surface area contributed by atoms with Crippen molar-refractivity contribution in [1.82, 2.24) is 19.8 Å². The predicted molar refractivity (Wildman–Crippen MR) is 149 cm³/mol. The van der Waals surface area contributed by atoms with Gasteiger partial charge < -0.3 is 41.5 Å². The highest BCUT2D eigenvalue weighted by molar-refractivity contribution is 5.75. The lowest BCUT2D eigenvalue weighted by Gasteiger charge is -2.42. The van der Waals surface area contributed by atoms with Crippen molar-refractivity contribution in [1.29, 1.82) is 0 Å². The third kappa shape index (κ3) is 4.68. The van der Waals surface area contributed by atoms with E-state index in [9.17, 15) is 10.2 Å². The number of imidazole rings is 1. The van der Waals surface area contributed by atoms with Crippen molar-refractivity contribution in [3.8, 4) is 0 Å². The fourth-order valence-electron chi connectivity index (χ4n) is 6.92. The van der Waals surface area contributed by atoms with Crippen molar-refractivity contribution in [3.05, 3.63) is 35.8 Å². The molecule has 7 rings (SSSR count). The Morgan fingerprint density at radius 1 is 1.13 bits per heavy atom. The number of benzene rings is 1. The molecule has 0 bridgehead atoms. The van der Waals surface area contributed by atoms with Crippen LogP contribution in [0.3, 0.4) is 0 Å². The first kappa shape index (κ1) is 25.6. The zero-order valence-electron chi connectivity index (χ0n) is 22.6.